The monoisotopic (exact) mass is 399 g/mol. The fourth-order valence-corrected chi connectivity index (χ4v) is 5.55. The quantitative estimate of drug-likeness (QED) is 0.709. The first kappa shape index (κ1) is 18.8. The molecule has 128 valence electrons. The SMILES string of the molecule is C[NH+](CC(=O)N[C@@H]1CS(=O)(=O)C[C@@H]1Cl)Cc1ccc(Cl)cc1Cl. The van der Waals surface area contributed by atoms with Gasteiger partial charge in [-0.25, -0.2) is 8.42 Å². The Morgan fingerprint density at radius 1 is 1.35 bits per heavy atom. The lowest BCUT2D eigenvalue weighted by Crippen LogP contribution is -3.09. The van der Waals surface area contributed by atoms with Crippen molar-refractivity contribution in [2.45, 2.75) is 18.0 Å². The minimum absolute atomic E-state index is 0.0947. The molecule has 0 aromatic heterocycles. The van der Waals surface area contributed by atoms with Gasteiger partial charge in [-0.1, -0.05) is 29.3 Å². The number of hydrogen-bond donors (Lipinski definition) is 2. The molecule has 1 amide bonds. The zero-order valence-corrected chi connectivity index (χ0v) is 15.6. The Labute approximate surface area is 150 Å². The number of alkyl halides is 1. The Bertz CT molecular complexity index is 697. The van der Waals surface area contributed by atoms with E-state index in [0.717, 1.165) is 10.5 Å². The largest absolute Gasteiger partial charge is 0.346 e. The normalized spacial score (nSPS) is 24.3. The molecule has 0 aliphatic carbocycles. The Balaban J connectivity index is 1.87. The van der Waals surface area contributed by atoms with Crippen LogP contribution in [0.25, 0.3) is 0 Å². The Kier molecular flexibility index (Phi) is 6.19. The molecule has 3 atom stereocenters. The van der Waals surface area contributed by atoms with Crippen LogP contribution in [-0.2, 0) is 21.2 Å². The van der Waals surface area contributed by atoms with Gasteiger partial charge in [-0.05, 0) is 12.1 Å². The number of nitrogens with one attached hydrogen (secondary N) is 2. The molecule has 2 rings (SSSR count). The summed E-state index contributed by atoms with van der Waals surface area (Å²) in [5.41, 5.74) is 0.889. The lowest BCUT2D eigenvalue weighted by Gasteiger charge is -2.18. The molecular weight excluding hydrogens is 383 g/mol. The van der Waals surface area contributed by atoms with Crippen molar-refractivity contribution in [1.82, 2.24) is 5.32 Å². The Morgan fingerprint density at radius 3 is 2.61 bits per heavy atom. The van der Waals surface area contributed by atoms with Gasteiger partial charge in [-0.2, -0.15) is 0 Å². The van der Waals surface area contributed by atoms with Gasteiger partial charge < -0.3 is 10.2 Å². The number of benzene rings is 1. The predicted molar refractivity (Wildman–Crippen MR) is 92.1 cm³/mol. The van der Waals surface area contributed by atoms with Crippen LogP contribution in [0.3, 0.4) is 0 Å². The van der Waals surface area contributed by atoms with Crippen LogP contribution in [0.2, 0.25) is 10.0 Å². The number of hydrogen-bond acceptors (Lipinski definition) is 3. The summed E-state index contributed by atoms with van der Waals surface area (Å²) in [4.78, 5) is 13.0. The van der Waals surface area contributed by atoms with Crippen molar-refractivity contribution < 1.29 is 18.1 Å². The molecule has 1 saturated heterocycles. The van der Waals surface area contributed by atoms with Crippen molar-refractivity contribution >= 4 is 50.5 Å². The lowest BCUT2D eigenvalue weighted by atomic mass is 10.2. The van der Waals surface area contributed by atoms with Crippen LogP contribution >= 0.6 is 34.8 Å². The molecule has 1 unspecified atom stereocenters. The highest BCUT2D eigenvalue weighted by Gasteiger charge is 2.37. The van der Waals surface area contributed by atoms with Crippen LogP contribution in [0.5, 0.6) is 0 Å². The maximum Gasteiger partial charge on any atom is 0.275 e. The first-order valence-electron chi connectivity index (χ1n) is 7.05. The summed E-state index contributed by atoms with van der Waals surface area (Å²) in [6.07, 6.45) is 0. The number of rotatable bonds is 5. The topological polar surface area (TPSA) is 67.7 Å². The van der Waals surface area contributed by atoms with Crippen LogP contribution in [-0.4, -0.2) is 50.8 Å². The highest BCUT2D eigenvalue weighted by Crippen LogP contribution is 2.20. The zero-order valence-electron chi connectivity index (χ0n) is 12.5. The summed E-state index contributed by atoms with van der Waals surface area (Å²) in [6, 6.07) is 4.70. The lowest BCUT2D eigenvalue weighted by molar-refractivity contribution is -0.885. The molecule has 1 heterocycles. The average molecular weight is 401 g/mol. The van der Waals surface area contributed by atoms with E-state index in [1.807, 2.05) is 13.1 Å². The van der Waals surface area contributed by atoms with Crippen molar-refractivity contribution in [1.29, 1.82) is 0 Å². The summed E-state index contributed by atoms with van der Waals surface area (Å²) < 4.78 is 23.0. The molecule has 0 bridgehead atoms. The van der Waals surface area contributed by atoms with Gasteiger partial charge in [0.1, 0.15) is 6.54 Å². The molecule has 23 heavy (non-hydrogen) atoms. The van der Waals surface area contributed by atoms with Crippen molar-refractivity contribution in [3.8, 4) is 0 Å². The number of carbonyl (C=O) groups excluding carboxylic acids is 1. The molecule has 1 fully saturated rings. The number of halogens is 3. The van der Waals surface area contributed by atoms with Crippen LogP contribution in [0.4, 0.5) is 0 Å². The van der Waals surface area contributed by atoms with E-state index >= 15 is 0 Å². The van der Waals surface area contributed by atoms with Crippen LogP contribution in [0, 0.1) is 0 Å². The maximum absolute atomic E-state index is 12.1. The molecule has 1 aliphatic rings. The summed E-state index contributed by atoms with van der Waals surface area (Å²) in [5, 5.41) is 3.24. The highest BCUT2D eigenvalue weighted by atomic mass is 35.5. The van der Waals surface area contributed by atoms with Crippen molar-refractivity contribution in [2.24, 2.45) is 0 Å². The van der Waals surface area contributed by atoms with Gasteiger partial charge in [0.2, 0.25) is 0 Å². The molecule has 0 saturated carbocycles. The highest BCUT2D eigenvalue weighted by molar-refractivity contribution is 7.91. The number of quaternary nitrogens is 1. The van der Waals surface area contributed by atoms with Gasteiger partial charge in [0.15, 0.2) is 16.4 Å². The van der Waals surface area contributed by atoms with E-state index < -0.39 is 21.3 Å². The maximum atomic E-state index is 12.1. The average Bonchev–Trinajstić information content (AvgIpc) is 2.65. The van der Waals surface area contributed by atoms with Gasteiger partial charge in [0, 0.05) is 10.6 Å². The molecule has 1 aliphatic heterocycles. The van der Waals surface area contributed by atoms with E-state index in [1.165, 1.54) is 0 Å². The number of likely N-dealkylation sites (N-methyl/N-ethyl adjacent to an activating group) is 1. The second-order valence-electron chi connectivity index (χ2n) is 5.81. The van der Waals surface area contributed by atoms with E-state index in [2.05, 4.69) is 5.32 Å². The van der Waals surface area contributed by atoms with E-state index in [1.54, 1.807) is 12.1 Å². The molecule has 2 N–H and O–H groups in total. The number of sulfone groups is 1. The first-order valence-corrected chi connectivity index (χ1v) is 10.1. The van der Waals surface area contributed by atoms with Gasteiger partial charge in [0.25, 0.3) is 5.91 Å². The van der Waals surface area contributed by atoms with Gasteiger partial charge >= 0.3 is 0 Å². The molecule has 1 aromatic carbocycles. The summed E-state index contributed by atoms with van der Waals surface area (Å²) in [5.74, 6) is -0.433. The fourth-order valence-electron chi connectivity index (χ4n) is 2.52. The van der Waals surface area contributed by atoms with Crippen LogP contribution < -0.4 is 10.2 Å². The third-order valence-electron chi connectivity index (χ3n) is 3.60. The van der Waals surface area contributed by atoms with E-state index in [9.17, 15) is 13.2 Å². The molecular formula is C14H18Cl3N2O3S+. The molecule has 5 nitrogen and oxygen atoms in total. The van der Waals surface area contributed by atoms with E-state index in [0.29, 0.717) is 16.6 Å². The predicted octanol–water partition coefficient (Wildman–Crippen LogP) is 0.529. The number of amides is 1. The molecule has 0 radical (unpaired) electrons. The van der Waals surface area contributed by atoms with Crippen LogP contribution in [0.1, 0.15) is 5.56 Å². The Hall–Kier alpha value is -0.530. The van der Waals surface area contributed by atoms with Crippen molar-refractivity contribution in [3.05, 3.63) is 33.8 Å². The summed E-state index contributed by atoms with van der Waals surface area (Å²) >= 11 is 17.9. The van der Waals surface area contributed by atoms with Crippen LogP contribution in [0.15, 0.2) is 18.2 Å². The van der Waals surface area contributed by atoms with E-state index in [-0.39, 0.29) is 24.0 Å². The smallest absolute Gasteiger partial charge is 0.275 e. The fraction of sp³-hybridized carbons (Fsp3) is 0.500. The van der Waals surface area contributed by atoms with Crippen molar-refractivity contribution in [3.63, 3.8) is 0 Å². The summed E-state index contributed by atoms with van der Waals surface area (Å²) in [7, 11) is -1.31. The number of carbonyl (C=O) groups is 1. The molecule has 1 aromatic rings. The van der Waals surface area contributed by atoms with Gasteiger partial charge in [-0.3, -0.25) is 4.79 Å². The standard InChI is InChI=1S/C14H17Cl3N2O3S/c1-19(5-9-2-3-10(15)4-11(9)16)6-14(20)18-13-8-23(21,22)7-12(13)17/h2-4,12-13H,5-8H2,1H3,(H,18,20)/p+1/t12-,13+/m0/s1. The van der Waals surface area contributed by atoms with Gasteiger partial charge in [-0.15, -0.1) is 11.6 Å². The van der Waals surface area contributed by atoms with E-state index in [4.69, 9.17) is 34.8 Å². The minimum atomic E-state index is -3.16. The first-order chi connectivity index (χ1) is 10.7. The third kappa shape index (κ3) is 5.50. The second kappa shape index (κ2) is 7.57. The minimum Gasteiger partial charge on any atom is -0.346 e. The zero-order chi connectivity index (χ0) is 17.2. The summed E-state index contributed by atoms with van der Waals surface area (Å²) in [6.45, 7) is 0.746. The Morgan fingerprint density at radius 2 is 2.04 bits per heavy atom. The third-order valence-corrected chi connectivity index (χ3v) is 6.56. The van der Waals surface area contributed by atoms with Crippen molar-refractivity contribution in [2.75, 3.05) is 25.1 Å². The molecule has 0 spiro atoms. The second-order valence-corrected chi connectivity index (χ2v) is 9.37. The molecule has 9 heteroatoms. The van der Waals surface area contributed by atoms with Gasteiger partial charge in [0.05, 0.1) is 35.0 Å².